The number of hydrogen-bond donors (Lipinski definition) is 1. The SMILES string of the molecule is CC(C)c1ccccc1N(CC(=O)N(Cc1c(Cl)cccc1Cl)[C@@H](C)C(=O)NC1CCCCC1)S(C)(=O)=O. The summed E-state index contributed by atoms with van der Waals surface area (Å²) < 4.78 is 27.0. The minimum Gasteiger partial charge on any atom is -0.352 e. The summed E-state index contributed by atoms with van der Waals surface area (Å²) in [5.74, 6) is -0.790. The predicted molar refractivity (Wildman–Crippen MR) is 154 cm³/mol. The topological polar surface area (TPSA) is 86.8 Å². The lowest BCUT2D eigenvalue weighted by Crippen LogP contribution is -2.53. The van der Waals surface area contributed by atoms with Gasteiger partial charge >= 0.3 is 0 Å². The number of nitrogens with zero attached hydrogens (tertiary/aromatic N) is 2. The molecule has 2 amide bonds. The molecular weight excluding hydrogens is 545 g/mol. The molecular formula is C28H37Cl2N3O4S. The molecule has 1 atom stereocenters. The van der Waals surface area contributed by atoms with Crippen molar-refractivity contribution in [3.8, 4) is 0 Å². The number of sulfonamides is 1. The van der Waals surface area contributed by atoms with Crippen molar-refractivity contribution in [2.45, 2.75) is 77.4 Å². The van der Waals surface area contributed by atoms with E-state index in [0.29, 0.717) is 21.3 Å². The zero-order valence-corrected chi connectivity index (χ0v) is 24.7. The van der Waals surface area contributed by atoms with E-state index < -0.39 is 28.5 Å². The average Bonchev–Trinajstić information content (AvgIpc) is 2.86. The molecule has 0 heterocycles. The van der Waals surface area contributed by atoms with Crippen LogP contribution in [0.5, 0.6) is 0 Å². The zero-order chi connectivity index (χ0) is 28.0. The minimum absolute atomic E-state index is 0.0313. The lowest BCUT2D eigenvalue weighted by atomic mass is 9.95. The van der Waals surface area contributed by atoms with Crippen molar-refractivity contribution in [1.29, 1.82) is 0 Å². The number of halogens is 2. The lowest BCUT2D eigenvalue weighted by Gasteiger charge is -2.33. The second-order valence-electron chi connectivity index (χ2n) is 10.2. The first-order chi connectivity index (χ1) is 17.9. The predicted octanol–water partition coefficient (Wildman–Crippen LogP) is 5.75. The molecule has 0 aromatic heterocycles. The van der Waals surface area contributed by atoms with Crippen molar-refractivity contribution >= 4 is 50.7 Å². The van der Waals surface area contributed by atoms with Crippen molar-refractivity contribution in [3.63, 3.8) is 0 Å². The number of para-hydroxylation sites is 1. The third kappa shape index (κ3) is 7.64. The summed E-state index contributed by atoms with van der Waals surface area (Å²) in [4.78, 5) is 28.5. The van der Waals surface area contributed by atoms with Crippen LogP contribution < -0.4 is 9.62 Å². The van der Waals surface area contributed by atoms with E-state index in [1.807, 2.05) is 26.0 Å². The van der Waals surface area contributed by atoms with Gasteiger partial charge in [0.2, 0.25) is 21.8 Å². The number of anilines is 1. The van der Waals surface area contributed by atoms with Gasteiger partial charge in [-0.3, -0.25) is 13.9 Å². The molecule has 1 saturated carbocycles. The molecule has 7 nitrogen and oxygen atoms in total. The second kappa shape index (κ2) is 13.2. The Kier molecular flexibility index (Phi) is 10.5. The molecule has 10 heteroatoms. The Morgan fingerprint density at radius 1 is 0.974 bits per heavy atom. The molecule has 1 aliphatic carbocycles. The van der Waals surface area contributed by atoms with Crippen LogP contribution in [-0.2, 0) is 26.2 Å². The molecule has 3 rings (SSSR count). The van der Waals surface area contributed by atoms with Crippen molar-refractivity contribution in [2.24, 2.45) is 0 Å². The molecule has 0 saturated heterocycles. The Hall–Kier alpha value is -2.29. The van der Waals surface area contributed by atoms with Crippen LogP contribution in [0.1, 0.15) is 69.9 Å². The van der Waals surface area contributed by atoms with Gasteiger partial charge in [-0.05, 0) is 49.4 Å². The van der Waals surface area contributed by atoms with E-state index >= 15 is 0 Å². The van der Waals surface area contributed by atoms with Crippen LogP contribution in [-0.4, -0.2) is 50.0 Å². The molecule has 0 unspecified atom stereocenters. The Balaban J connectivity index is 1.96. The number of carbonyl (C=O) groups excluding carboxylic acids is 2. The summed E-state index contributed by atoms with van der Waals surface area (Å²) >= 11 is 12.8. The van der Waals surface area contributed by atoms with E-state index in [0.717, 1.165) is 48.2 Å². The van der Waals surface area contributed by atoms with E-state index in [-0.39, 0.29) is 24.4 Å². The summed E-state index contributed by atoms with van der Waals surface area (Å²) in [6.45, 7) is 5.06. The first kappa shape index (κ1) is 30.3. The smallest absolute Gasteiger partial charge is 0.244 e. The van der Waals surface area contributed by atoms with Crippen molar-refractivity contribution in [3.05, 3.63) is 63.6 Å². The summed E-state index contributed by atoms with van der Waals surface area (Å²) in [5.41, 5.74) is 1.73. The number of rotatable bonds is 10. The fourth-order valence-corrected chi connectivity index (χ4v) is 6.19. The number of nitrogens with one attached hydrogen (secondary N) is 1. The highest BCUT2D eigenvalue weighted by Crippen LogP contribution is 2.30. The van der Waals surface area contributed by atoms with Gasteiger partial charge in [0.15, 0.2) is 0 Å². The van der Waals surface area contributed by atoms with Gasteiger partial charge in [0.05, 0.1) is 11.9 Å². The maximum atomic E-state index is 13.9. The third-order valence-electron chi connectivity index (χ3n) is 7.02. The van der Waals surface area contributed by atoms with Gasteiger partial charge in [-0.25, -0.2) is 8.42 Å². The fourth-order valence-electron chi connectivity index (χ4n) is 4.80. The van der Waals surface area contributed by atoms with Gasteiger partial charge < -0.3 is 10.2 Å². The van der Waals surface area contributed by atoms with Crippen LogP contribution >= 0.6 is 23.2 Å². The molecule has 0 aliphatic heterocycles. The van der Waals surface area contributed by atoms with Crippen LogP contribution in [0, 0.1) is 0 Å². The van der Waals surface area contributed by atoms with Gasteiger partial charge in [-0.15, -0.1) is 0 Å². The Morgan fingerprint density at radius 2 is 1.58 bits per heavy atom. The molecule has 208 valence electrons. The summed E-state index contributed by atoms with van der Waals surface area (Å²) in [6, 6.07) is 11.3. The van der Waals surface area contributed by atoms with Gasteiger partial charge in [0.1, 0.15) is 12.6 Å². The molecule has 2 aromatic rings. The number of hydrogen-bond acceptors (Lipinski definition) is 4. The molecule has 1 fully saturated rings. The number of amides is 2. The maximum Gasteiger partial charge on any atom is 0.244 e. The van der Waals surface area contributed by atoms with Crippen LogP contribution in [0.2, 0.25) is 10.0 Å². The standard InChI is InChI=1S/C28H37Cl2N3O4S/c1-19(2)22-13-8-9-16-26(22)33(38(4,36)37)18-27(34)32(17-23-24(29)14-10-15-25(23)30)20(3)28(35)31-21-11-6-5-7-12-21/h8-10,13-16,19-21H,5-7,11-12,17-18H2,1-4H3,(H,31,35)/t20-/m0/s1. The van der Waals surface area contributed by atoms with E-state index in [9.17, 15) is 18.0 Å². The van der Waals surface area contributed by atoms with Crippen LogP contribution in [0.15, 0.2) is 42.5 Å². The summed E-state index contributed by atoms with van der Waals surface area (Å²) in [7, 11) is -3.83. The van der Waals surface area contributed by atoms with Gasteiger partial charge in [-0.1, -0.05) is 80.6 Å². The minimum atomic E-state index is -3.83. The summed E-state index contributed by atoms with van der Waals surface area (Å²) in [5, 5.41) is 3.80. The van der Waals surface area contributed by atoms with E-state index in [1.54, 1.807) is 37.3 Å². The van der Waals surface area contributed by atoms with E-state index in [2.05, 4.69) is 5.32 Å². The van der Waals surface area contributed by atoms with Gasteiger partial charge in [0, 0.05) is 28.2 Å². The third-order valence-corrected chi connectivity index (χ3v) is 8.85. The second-order valence-corrected chi connectivity index (χ2v) is 12.9. The molecule has 2 aromatic carbocycles. The first-order valence-electron chi connectivity index (χ1n) is 13.0. The van der Waals surface area contributed by atoms with Crippen LogP contribution in [0.4, 0.5) is 5.69 Å². The fraction of sp³-hybridized carbons (Fsp3) is 0.500. The Labute approximate surface area is 236 Å². The monoisotopic (exact) mass is 581 g/mol. The molecule has 0 radical (unpaired) electrons. The highest BCUT2D eigenvalue weighted by molar-refractivity contribution is 7.92. The van der Waals surface area contributed by atoms with Crippen molar-refractivity contribution in [2.75, 3.05) is 17.1 Å². The summed E-state index contributed by atoms with van der Waals surface area (Å²) in [6.07, 6.45) is 6.13. The van der Waals surface area contributed by atoms with Gasteiger partial charge in [-0.2, -0.15) is 0 Å². The van der Waals surface area contributed by atoms with Gasteiger partial charge in [0.25, 0.3) is 0 Å². The van der Waals surface area contributed by atoms with Crippen LogP contribution in [0.25, 0.3) is 0 Å². The Morgan fingerprint density at radius 3 is 2.16 bits per heavy atom. The number of benzene rings is 2. The largest absolute Gasteiger partial charge is 0.352 e. The zero-order valence-electron chi connectivity index (χ0n) is 22.4. The highest BCUT2D eigenvalue weighted by Gasteiger charge is 2.32. The number of carbonyl (C=O) groups is 2. The molecule has 1 N–H and O–H groups in total. The molecule has 0 bridgehead atoms. The molecule has 0 spiro atoms. The Bertz CT molecular complexity index is 1230. The maximum absolute atomic E-state index is 13.9. The average molecular weight is 583 g/mol. The highest BCUT2D eigenvalue weighted by atomic mass is 35.5. The lowest BCUT2D eigenvalue weighted by molar-refractivity contribution is -0.139. The quantitative estimate of drug-likeness (QED) is 0.387. The van der Waals surface area contributed by atoms with Crippen LogP contribution in [0.3, 0.4) is 0 Å². The van der Waals surface area contributed by atoms with Crippen molar-refractivity contribution in [1.82, 2.24) is 10.2 Å². The van der Waals surface area contributed by atoms with Crippen molar-refractivity contribution < 1.29 is 18.0 Å². The normalized spacial score (nSPS) is 15.2. The molecule has 1 aliphatic rings. The van der Waals surface area contributed by atoms with E-state index in [4.69, 9.17) is 23.2 Å². The molecule has 38 heavy (non-hydrogen) atoms. The first-order valence-corrected chi connectivity index (χ1v) is 15.6. The van der Waals surface area contributed by atoms with E-state index in [1.165, 1.54) is 4.90 Å².